The van der Waals surface area contributed by atoms with Crippen LogP contribution in [0.1, 0.15) is 56.3 Å². The third-order valence-electron chi connectivity index (χ3n) is 6.15. The van der Waals surface area contributed by atoms with Crippen LogP contribution in [0, 0.1) is 23.0 Å². The summed E-state index contributed by atoms with van der Waals surface area (Å²) in [5.74, 6) is -0.108. The Kier molecular flexibility index (Phi) is 5.95. The molecular formula is C26H25N2O4+. The second-order valence-corrected chi connectivity index (χ2v) is 8.46. The van der Waals surface area contributed by atoms with E-state index in [0.717, 1.165) is 35.1 Å². The van der Waals surface area contributed by atoms with Crippen molar-refractivity contribution in [3.63, 3.8) is 0 Å². The number of nitro benzene ring substituents is 1. The van der Waals surface area contributed by atoms with Crippen LogP contribution >= 0.6 is 0 Å². The van der Waals surface area contributed by atoms with Crippen molar-refractivity contribution in [1.29, 1.82) is 0 Å². The van der Waals surface area contributed by atoms with Gasteiger partial charge in [0.1, 0.15) is 0 Å². The number of rotatable bonds is 6. The molecule has 1 aliphatic rings. The van der Waals surface area contributed by atoms with Gasteiger partial charge < -0.3 is 0 Å². The Hall–Kier alpha value is -3.67. The first-order chi connectivity index (χ1) is 15.3. The summed E-state index contributed by atoms with van der Waals surface area (Å²) in [6.07, 6.45) is 5.68. The monoisotopic (exact) mass is 429 g/mol. The SMILES string of the molecule is CC(=O)c1c[n+](Cc2ccccc2[N+](=O)[O-])ccc1CC1CCc2cc(C)ccc2C1=O. The number of hydrogen-bond acceptors (Lipinski definition) is 4. The molecule has 32 heavy (non-hydrogen) atoms. The Morgan fingerprint density at radius 3 is 2.69 bits per heavy atom. The van der Waals surface area contributed by atoms with Gasteiger partial charge in [-0.1, -0.05) is 35.9 Å². The summed E-state index contributed by atoms with van der Waals surface area (Å²) in [4.78, 5) is 36.4. The summed E-state index contributed by atoms with van der Waals surface area (Å²) in [5.41, 5.74) is 5.06. The highest BCUT2D eigenvalue weighted by Crippen LogP contribution is 2.29. The number of aryl methyl sites for hydroxylation is 2. The van der Waals surface area contributed by atoms with Crippen molar-refractivity contribution >= 4 is 17.3 Å². The molecule has 1 aromatic heterocycles. The van der Waals surface area contributed by atoms with Crippen LogP contribution in [-0.4, -0.2) is 16.5 Å². The molecular weight excluding hydrogens is 404 g/mol. The molecule has 2 aromatic carbocycles. The van der Waals surface area contributed by atoms with E-state index in [1.54, 1.807) is 29.0 Å². The van der Waals surface area contributed by atoms with E-state index in [0.29, 0.717) is 17.5 Å². The lowest BCUT2D eigenvalue weighted by Gasteiger charge is -2.24. The molecule has 3 aromatic rings. The smallest absolute Gasteiger partial charge is 0.278 e. The predicted molar refractivity (Wildman–Crippen MR) is 120 cm³/mol. The van der Waals surface area contributed by atoms with Crippen molar-refractivity contribution in [2.24, 2.45) is 5.92 Å². The largest absolute Gasteiger partial charge is 0.294 e. The molecule has 0 saturated carbocycles. The fourth-order valence-corrected chi connectivity index (χ4v) is 4.49. The Morgan fingerprint density at radius 2 is 1.94 bits per heavy atom. The Morgan fingerprint density at radius 1 is 1.16 bits per heavy atom. The van der Waals surface area contributed by atoms with Crippen LogP contribution in [0.3, 0.4) is 0 Å². The van der Waals surface area contributed by atoms with Crippen LogP contribution < -0.4 is 4.57 Å². The van der Waals surface area contributed by atoms with Crippen molar-refractivity contribution in [3.05, 3.63) is 104 Å². The summed E-state index contributed by atoms with van der Waals surface area (Å²) in [6.45, 7) is 3.82. The minimum Gasteiger partial charge on any atom is -0.294 e. The molecule has 6 nitrogen and oxygen atoms in total. The average molecular weight is 429 g/mol. The van der Waals surface area contributed by atoms with Crippen LogP contribution in [0.2, 0.25) is 0 Å². The van der Waals surface area contributed by atoms with Crippen molar-refractivity contribution in [1.82, 2.24) is 0 Å². The zero-order valence-corrected chi connectivity index (χ0v) is 18.2. The lowest BCUT2D eigenvalue weighted by molar-refractivity contribution is -0.688. The molecule has 1 aliphatic carbocycles. The summed E-state index contributed by atoms with van der Waals surface area (Å²) in [7, 11) is 0. The number of nitrogens with zero attached hydrogens (tertiary/aromatic N) is 2. The van der Waals surface area contributed by atoms with E-state index in [-0.39, 0.29) is 29.7 Å². The van der Waals surface area contributed by atoms with E-state index in [1.807, 2.05) is 31.3 Å². The van der Waals surface area contributed by atoms with Gasteiger partial charge in [-0.05, 0) is 50.3 Å². The number of carbonyl (C=O) groups excluding carboxylic acids is 2. The first-order valence-corrected chi connectivity index (χ1v) is 10.7. The molecule has 1 heterocycles. The van der Waals surface area contributed by atoms with Gasteiger partial charge in [-0.3, -0.25) is 19.7 Å². The van der Waals surface area contributed by atoms with E-state index in [4.69, 9.17) is 0 Å². The van der Waals surface area contributed by atoms with Crippen molar-refractivity contribution in [2.75, 3.05) is 0 Å². The maximum absolute atomic E-state index is 13.1. The maximum Gasteiger partial charge on any atom is 0.278 e. The second-order valence-electron chi connectivity index (χ2n) is 8.46. The second kappa shape index (κ2) is 8.83. The van der Waals surface area contributed by atoms with Gasteiger partial charge in [-0.15, -0.1) is 0 Å². The Balaban J connectivity index is 1.59. The van der Waals surface area contributed by atoms with Crippen LogP contribution in [0.15, 0.2) is 60.9 Å². The summed E-state index contributed by atoms with van der Waals surface area (Å²) < 4.78 is 1.78. The number of carbonyl (C=O) groups is 2. The molecule has 0 aliphatic heterocycles. The molecule has 0 fully saturated rings. The fraction of sp³-hybridized carbons (Fsp3) is 0.269. The number of pyridine rings is 1. The molecule has 0 N–H and O–H groups in total. The van der Waals surface area contributed by atoms with Crippen molar-refractivity contribution < 1.29 is 19.1 Å². The topological polar surface area (TPSA) is 81.2 Å². The molecule has 0 spiro atoms. The van der Waals surface area contributed by atoms with Gasteiger partial charge in [-0.2, -0.15) is 4.57 Å². The number of hydrogen-bond donors (Lipinski definition) is 0. The van der Waals surface area contributed by atoms with Gasteiger partial charge in [0, 0.05) is 23.6 Å². The molecule has 1 unspecified atom stereocenters. The van der Waals surface area contributed by atoms with Gasteiger partial charge in [0.05, 0.1) is 16.1 Å². The van der Waals surface area contributed by atoms with Crippen LogP contribution in [0.4, 0.5) is 5.69 Å². The number of nitro groups is 1. The van der Waals surface area contributed by atoms with Crippen LogP contribution in [-0.2, 0) is 19.4 Å². The summed E-state index contributed by atoms with van der Waals surface area (Å²) >= 11 is 0. The molecule has 1 atom stereocenters. The highest BCUT2D eigenvalue weighted by atomic mass is 16.6. The fourth-order valence-electron chi connectivity index (χ4n) is 4.49. The molecule has 162 valence electrons. The normalized spacial score (nSPS) is 15.3. The molecule has 0 radical (unpaired) electrons. The lowest BCUT2D eigenvalue weighted by atomic mass is 9.79. The predicted octanol–water partition coefficient (Wildman–Crippen LogP) is 4.43. The molecule has 6 heteroatoms. The Bertz CT molecular complexity index is 1230. The minimum absolute atomic E-state index is 0.0511. The highest BCUT2D eigenvalue weighted by molar-refractivity contribution is 6.01. The highest BCUT2D eigenvalue weighted by Gasteiger charge is 2.29. The minimum atomic E-state index is -0.399. The van der Waals surface area contributed by atoms with Crippen LogP contribution in [0.25, 0.3) is 0 Å². The number of aromatic nitrogens is 1. The first kappa shape index (κ1) is 21.6. The molecule has 0 saturated heterocycles. The average Bonchev–Trinajstić information content (AvgIpc) is 2.76. The Labute approximate surface area is 186 Å². The van der Waals surface area contributed by atoms with Crippen molar-refractivity contribution in [2.45, 2.75) is 39.7 Å². The third kappa shape index (κ3) is 4.35. The lowest BCUT2D eigenvalue weighted by Crippen LogP contribution is -2.35. The van der Waals surface area contributed by atoms with E-state index in [1.165, 1.54) is 13.0 Å². The number of Topliss-reactive ketones (excluding diaryl/α,β-unsaturated/α-hetero) is 2. The van der Waals surface area contributed by atoms with Gasteiger partial charge in [-0.25, -0.2) is 0 Å². The molecule has 4 rings (SSSR count). The number of ketones is 2. The van der Waals surface area contributed by atoms with E-state index in [9.17, 15) is 19.7 Å². The zero-order valence-electron chi connectivity index (χ0n) is 18.2. The number of benzene rings is 2. The molecule has 0 amide bonds. The maximum atomic E-state index is 13.1. The summed E-state index contributed by atoms with van der Waals surface area (Å²) in [5, 5.41) is 11.3. The zero-order chi connectivity index (χ0) is 22.8. The van der Waals surface area contributed by atoms with E-state index in [2.05, 4.69) is 6.07 Å². The number of fused-ring (bicyclic) bond motifs is 1. The number of para-hydroxylation sites is 1. The van der Waals surface area contributed by atoms with E-state index >= 15 is 0 Å². The van der Waals surface area contributed by atoms with Gasteiger partial charge in [0.2, 0.25) is 0 Å². The summed E-state index contributed by atoms with van der Waals surface area (Å²) in [6, 6.07) is 14.4. The van der Waals surface area contributed by atoms with Gasteiger partial charge in [0.15, 0.2) is 30.5 Å². The van der Waals surface area contributed by atoms with E-state index < -0.39 is 4.92 Å². The molecule has 0 bridgehead atoms. The van der Waals surface area contributed by atoms with Gasteiger partial charge in [0.25, 0.3) is 5.69 Å². The first-order valence-electron chi connectivity index (χ1n) is 10.7. The van der Waals surface area contributed by atoms with Crippen LogP contribution in [0.5, 0.6) is 0 Å². The standard InChI is InChI=1S/C26H25N2O4/c1-17-7-10-23-19(13-17)8-9-21(26(23)30)14-20-11-12-27(16-24(20)18(2)29)15-22-5-3-4-6-25(22)28(31)32/h3-7,10-13,16,21H,8-9,14-15H2,1-2H3/q+1. The third-order valence-corrected chi connectivity index (χ3v) is 6.15. The van der Waals surface area contributed by atoms with Gasteiger partial charge >= 0.3 is 0 Å². The quantitative estimate of drug-likeness (QED) is 0.251. The van der Waals surface area contributed by atoms with Crippen molar-refractivity contribution in [3.8, 4) is 0 Å².